The molecule has 0 amide bonds. The number of benzene rings is 1. The van der Waals surface area contributed by atoms with E-state index in [2.05, 4.69) is 23.1 Å². The molecule has 5 heteroatoms. The van der Waals surface area contributed by atoms with Crippen molar-refractivity contribution in [1.82, 2.24) is 14.7 Å². The Bertz CT molecular complexity index is 713. The quantitative estimate of drug-likeness (QED) is 0.904. The van der Waals surface area contributed by atoms with Crippen LogP contribution >= 0.6 is 0 Å². The van der Waals surface area contributed by atoms with Crippen molar-refractivity contribution in [3.8, 4) is 0 Å². The fourth-order valence-electron chi connectivity index (χ4n) is 4.62. The Labute approximate surface area is 148 Å². The number of fused-ring (bicyclic) bond motifs is 2. The zero-order valence-electron chi connectivity index (χ0n) is 14.7. The molecule has 2 aliphatic heterocycles. The molecule has 0 spiro atoms. The molecule has 0 saturated carbocycles. The van der Waals surface area contributed by atoms with E-state index in [1.165, 1.54) is 17.7 Å². The number of aromatic nitrogens is 2. The van der Waals surface area contributed by atoms with Gasteiger partial charge in [0.15, 0.2) is 0 Å². The van der Waals surface area contributed by atoms with Gasteiger partial charge in [0.05, 0.1) is 11.8 Å². The summed E-state index contributed by atoms with van der Waals surface area (Å²) in [6.07, 6.45) is 8.88. The van der Waals surface area contributed by atoms with Crippen LogP contribution in [0.2, 0.25) is 0 Å². The summed E-state index contributed by atoms with van der Waals surface area (Å²) in [5, 5.41) is 15.6. The van der Waals surface area contributed by atoms with Crippen LogP contribution in [0.1, 0.15) is 50.2 Å². The third-order valence-electron chi connectivity index (χ3n) is 5.80. The van der Waals surface area contributed by atoms with Crippen LogP contribution in [-0.4, -0.2) is 31.9 Å². The summed E-state index contributed by atoms with van der Waals surface area (Å²) < 4.78 is 15.2. The van der Waals surface area contributed by atoms with E-state index in [-0.39, 0.29) is 5.82 Å². The van der Waals surface area contributed by atoms with Gasteiger partial charge in [-0.15, -0.1) is 0 Å². The van der Waals surface area contributed by atoms with Crippen molar-refractivity contribution in [3.05, 3.63) is 53.6 Å². The normalized spacial score (nSPS) is 29.2. The highest BCUT2D eigenvalue weighted by Crippen LogP contribution is 2.46. The molecule has 2 aliphatic rings. The van der Waals surface area contributed by atoms with Crippen LogP contribution in [0.15, 0.2) is 36.7 Å². The molecule has 3 heterocycles. The van der Waals surface area contributed by atoms with Crippen molar-refractivity contribution < 1.29 is 9.50 Å². The summed E-state index contributed by atoms with van der Waals surface area (Å²) in [6.45, 7) is 4.01. The highest BCUT2D eigenvalue weighted by atomic mass is 19.1. The van der Waals surface area contributed by atoms with Crippen LogP contribution in [0.25, 0.3) is 0 Å². The maximum absolute atomic E-state index is 13.2. The first-order valence-electron chi connectivity index (χ1n) is 9.33. The second kappa shape index (κ2) is 6.54. The minimum Gasteiger partial charge on any atom is -0.385 e. The van der Waals surface area contributed by atoms with Crippen molar-refractivity contribution in [3.63, 3.8) is 0 Å². The van der Waals surface area contributed by atoms with E-state index in [4.69, 9.17) is 0 Å². The maximum atomic E-state index is 13.2. The topological polar surface area (TPSA) is 41.3 Å². The molecule has 2 atom stereocenters. The van der Waals surface area contributed by atoms with Gasteiger partial charge in [-0.1, -0.05) is 19.1 Å². The minimum atomic E-state index is -0.831. The number of hydrogen-bond acceptors (Lipinski definition) is 3. The third-order valence-corrected chi connectivity index (χ3v) is 5.80. The van der Waals surface area contributed by atoms with E-state index in [1.54, 1.807) is 12.1 Å². The van der Waals surface area contributed by atoms with Gasteiger partial charge in [-0.05, 0) is 49.8 Å². The van der Waals surface area contributed by atoms with Crippen molar-refractivity contribution in [1.29, 1.82) is 0 Å². The van der Waals surface area contributed by atoms with Gasteiger partial charge in [-0.25, -0.2) is 4.39 Å². The van der Waals surface area contributed by atoms with Crippen LogP contribution in [-0.2, 0) is 18.7 Å². The van der Waals surface area contributed by atoms with Crippen LogP contribution in [0.3, 0.4) is 0 Å². The van der Waals surface area contributed by atoms with Crippen molar-refractivity contribution >= 4 is 0 Å². The summed E-state index contributed by atoms with van der Waals surface area (Å²) in [4.78, 5) is 2.53. The first-order chi connectivity index (χ1) is 12.1. The lowest BCUT2D eigenvalue weighted by Crippen LogP contribution is -2.49. The van der Waals surface area contributed by atoms with E-state index >= 15 is 0 Å². The number of aliphatic hydroxyl groups is 1. The summed E-state index contributed by atoms with van der Waals surface area (Å²) in [6, 6.07) is 7.12. The molecule has 4 rings (SSSR count). The predicted octanol–water partition coefficient (Wildman–Crippen LogP) is 3.45. The van der Waals surface area contributed by atoms with Gasteiger partial charge in [-0.3, -0.25) is 9.58 Å². The highest BCUT2D eigenvalue weighted by molar-refractivity contribution is 5.26. The van der Waals surface area contributed by atoms with Crippen LogP contribution < -0.4 is 0 Å². The standard InChI is InChI=1S/C20H26FN3O/c1-2-9-23-13-15(12-22-23)14-24-18-7-8-19(24)11-20(25,10-18)16-3-5-17(21)6-4-16/h3-6,12-13,18-19,25H,2,7-11,14H2,1H3/t18-,19-/m0/s1. The first-order valence-corrected chi connectivity index (χ1v) is 9.33. The second-order valence-corrected chi connectivity index (χ2v) is 7.62. The molecule has 0 aliphatic carbocycles. The highest BCUT2D eigenvalue weighted by Gasteiger charge is 2.48. The number of halogens is 1. The summed E-state index contributed by atoms with van der Waals surface area (Å²) in [7, 11) is 0. The molecule has 2 bridgehead atoms. The molecule has 0 radical (unpaired) electrons. The molecule has 0 unspecified atom stereocenters. The Morgan fingerprint density at radius 2 is 1.88 bits per heavy atom. The van der Waals surface area contributed by atoms with E-state index in [0.29, 0.717) is 12.1 Å². The third kappa shape index (κ3) is 3.23. The Balaban J connectivity index is 1.48. The SMILES string of the molecule is CCCn1cc(CN2[C@H]3CC[C@H]2CC(O)(c2ccc(F)cc2)C3)cn1. The Morgan fingerprint density at radius 3 is 2.52 bits per heavy atom. The lowest BCUT2D eigenvalue weighted by Gasteiger charge is -2.44. The molecule has 2 fully saturated rings. The van der Waals surface area contributed by atoms with Gasteiger partial charge < -0.3 is 5.11 Å². The molecular formula is C20H26FN3O. The van der Waals surface area contributed by atoms with Gasteiger partial charge in [0.25, 0.3) is 0 Å². The molecule has 4 nitrogen and oxygen atoms in total. The number of piperidine rings is 1. The number of nitrogens with zero attached hydrogens (tertiary/aromatic N) is 3. The fourth-order valence-corrected chi connectivity index (χ4v) is 4.62. The Hall–Kier alpha value is -1.72. The largest absolute Gasteiger partial charge is 0.385 e. The molecule has 1 aromatic heterocycles. The summed E-state index contributed by atoms with van der Waals surface area (Å²) >= 11 is 0. The zero-order valence-corrected chi connectivity index (χ0v) is 14.7. The van der Waals surface area contributed by atoms with Gasteiger partial charge >= 0.3 is 0 Å². The molecular weight excluding hydrogens is 317 g/mol. The molecule has 2 aromatic rings. The number of rotatable bonds is 5. The van der Waals surface area contributed by atoms with Crippen molar-refractivity contribution in [2.75, 3.05) is 0 Å². The summed E-state index contributed by atoms with van der Waals surface area (Å²) in [5.74, 6) is -0.253. The second-order valence-electron chi connectivity index (χ2n) is 7.62. The van der Waals surface area contributed by atoms with E-state index in [9.17, 15) is 9.50 Å². The lowest BCUT2D eigenvalue weighted by atomic mass is 9.80. The molecule has 25 heavy (non-hydrogen) atoms. The van der Waals surface area contributed by atoms with Crippen LogP contribution in [0.5, 0.6) is 0 Å². The average Bonchev–Trinajstić information content (AvgIpc) is 3.12. The van der Waals surface area contributed by atoms with Gasteiger partial charge in [0.2, 0.25) is 0 Å². The number of aryl methyl sites for hydroxylation is 1. The zero-order chi connectivity index (χ0) is 17.4. The van der Waals surface area contributed by atoms with Gasteiger partial charge in [-0.2, -0.15) is 5.10 Å². The van der Waals surface area contributed by atoms with Crippen LogP contribution in [0, 0.1) is 5.82 Å². The monoisotopic (exact) mass is 343 g/mol. The van der Waals surface area contributed by atoms with E-state index in [1.807, 2.05) is 10.9 Å². The van der Waals surface area contributed by atoms with Crippen LogP contribution in [0.4, 0.5) is 4.39 Å². The smallest absolute Gasteiger partial charge is 0.123 e. The number of hydrogen-bond donors (Lipinski definition) is 1. The molecule has 134 valence electrons. The molecule has 2 saturated heterocycles. The minimum absolute atomic E-state index is 0.253. The Morgan fingerprint density at radius 1 is 1.20 bits per heavy atom. The summed E-state index contributed by atoms with van der Waals surface area (Å²) in [5.41, 5.74) is 1.27. The van der Waals surface area contributed by atoms with E-state index < -0.39 is 5.60 Å². The van der Waals surface area contributed by atoms with Gasteiger partial charge in [0, 0.05) is 36.9 Å². The fraction of sp³-hybridized carbons (Fsp3) is 0.550. The average molecular weight is 343 g/mol. The van der Waals surface area contributed by atoms with E-state index in [0.717, 1.165) is 50.8 Å². The van der Waals surface area contributed by atoms with Crippen molar-refractivity contribution in [2.45, 2.75) is 69.8 Å². The Kier molecular flexibility index (Phi) is 4.38. The predicted molar refractivity (Wildman–Crippen MR) is 94.4 cm³/mol. The lowest BCUT2D eigenvalue weighted by molar-refractivity contribution is -0.0595. The molecule has 1 aromatic carbocycles. The molecule has 1 N–H and O–H groups in total. The van der Waals surface area contributed by atoms with Crippen molar-refractivity contribution in [2.24, 2.45) is 0 Å². The maximum Gasteiger partial charge on any atom is 0.123 e. The van der Waals surface area contributed by atoms with Gasteiger partial charge in [0.1, 0.15) is 5.82 Å². The first kappa shape index (κ1) is 16.7.